The highest BCUT2D eigenvalue weighted by Crippen LogP contribution is 2.25. The lowest BCUT2D eigenvalue weighted by Gasteiger charge is -2.18. The number of nitrogens with one attached hydrogen (secondary N) is 2. The predicted molar refractivity (Wildman–Crippen MR) is 95.0 cm³/mol. The molecule has 0 fully saturated rings. The van der Waals surface area contributed by atoms with Crippen LogP contribution in [0, 0.1) is 5.41 Å². The predicted octanol–water partition coefficient (Wildman–Crippen LogP) is 1.32. The molecule has 1 aliphatic rings. The fourth-order valence-electron chi connectivity index (χ4n) is 2.25. The highest BCUT2D eigenvalue weighted by atomic mass is 79.9. The van der Waals surface area contributed by atoms with Gasteiger partial charge in [0.1, 0.15) is 6.54 Å². The zero-order chi connectivity index (χ0) is 18.8. The topological polar surface area (TPSA) is 95.6 Å². The number of halogens is 1. The van der Waals surface area contributed by atoms with Crippen LogP contribution in [0.2, 0.25) is 0 Å². The van der Waals surface area contributed by atoms with Gasteiger partial charge in [0, 0.05) is 23.0 Å². The number of imide groups is 1. The van der Waals surface area contributed by atoms with Crippen molar-refractivity contribution in [3.63, 3.8) is 0 Å². The number of hydrogen-bond acceptors (Lipinski definition) is 4. The third-order valence-corrected chi connectivity index (χ3v) is 4.14. The van der Waals surface area contributed by atoms with Gasteiger partial charge in [-0.3, -0.25) is 24.1 Å². The van der Waals surface area contributed by atoms with E-state index < -0.39 is 23.1 Å². The minimum atomic E-state index is -0.502. The molecule has 0 radical (unpaired) electrons. The van der Waals surface area contributed by atoms with Gasteiger partial charge in [-0.25, -0.2) is 0 Å². The summed E-state index contributed by atoms with van der Waals surface area (Å²) in [5.41, 5.74) is 0.0707. The average Bonchev–Trinajstić information content (AvgIpc) is 2.75. The van der Waals surface area contributed by atoms with Crippen molar-refractivity contribution in [2.24, 2.45) is 5.41 Å². The molecule has 1 aromatic rings. The quantitative estimate of drug-likeness (QED) is 0.566. The highest BCUT2D eigenvalue weighted by Gasteiger charge is 2.36. The van der Waals surface area contributed by atoms with Gasteiger partial charge in [-0.1, -0.05) is 36.7 Å². The van der Waals surface area contributed by atoms with Crippen molar-refractivity contribution in [3.8, 4) is 0 Å². The Morgan fingerprint density at radius 2 is 1.64 bits per heavy atom. The second kappa shape index (κ2) is 7.35. The fraction of sp³-hybridized carbons (Fsp3) is 0.412. The van der Waals surface area contributed by atoms with E-state index in [2.05, 4.69) is 26.6 Å². The number of carbonyl (C=O) groups excluding carboxylic acids is 4. The Hall–Kier alpha value is -2.22. The molecule has 0 saturated carbocycles. The molecular weight excluding hydrogens is 390 g/mol. The van der Waals surface area contributed by atoms with E-state index in [-0.39, 0.29) is 31.1 Å². The molecule has 2 N–H and O–H groups in total. The highest BCUT2D eigenvalue weighted by molar-refractivity contribution is 9.10. The van der Waals surface area contributed by atoms with E-state index in [1.54, 1.807) is 39.0 Å². The average molecular weight is 410 g/mol. The smallest absolute Gasteiger partial charge is 0.262 e. The molecular formula is C17H20BrN3O4. The van der Waals surface area contributed by atoms with Gasteiger partial charge in [-0.2, -0.15) is 0 Å². The number of benzene rings is 1. The number of carbonyl (C=O) groups is 4. The van der Waals surface area contributed by atoms with Crippen molar-refractivity contribution in [1.82, 2.24) is 15.5 Å². The summed E-state index contributed by atoms with van der Waals surface area (Å²) in [6.45, 7) is 5.52. The Morgan fingerprint density at radius 1 is 1.04 bits per heavy atom. The van der Waals surface area contributed by atoms with Gasteiger partial charge in [0.25, 0.3) is 11.8 Å². The molecule has 25 heavy (non-hydrogen) atoms. The maximum atomic E-state index is 12.3. The molecule has 0 unspecified atom stereocenters. The molecule has 1 aliphatic heterocycles. The van der Waals surface area contributed by atoms with Crippen LogP contribution in [0.15, 0.2) is 22.7 Å². The Labute approximate surface area is 154 Å². The zero-order valence-electron chi connectivity index (χ0n) is 14.3. The van der Waals surface area contributed by atoms with Crippen molar-refractivity contribution in [2.75, 3.05) is 19.6 Å². The van der Waals surface area contributed by atoms with Gasteiger partial charge in [0.05, 0.1) is 11.1 Å². The molecule has 0 aromatic heterocycles. The number of amides is 4. The Morgan fingerprint density at radius 3 is 2.28 bits per heavy atom. The van der Waals surface area contributed by atoms with Crippen molar-refractivity contribution in [1.29, 1.82) is 0 Å². The molecule has 7 nitrogen and oxygen atoms in total. The van der Waals surface area contributed by atoms with Gasteiger partial charge < -0.3 is 10.6 Å². The molecule has 0 atom stereocenters. The molecule has 1 aromatic carbocycles. The summed E-state index contributed by atoms with van der Waals surface area (Å²) in [6, 6.07) is 4.79. The Balaban J connectivity index is 1.85. The summed E-state index contributed by atoms with van der Waals surface area (Å²) < 4.78 is 0.688. The first-order chi connectivity index (χ1) is 11.6. The van der Waals surface area contributed by atoms with Gasteiger partial charge in [0.15, 0.2) is 0 Å². The number of hydrogen-bond donors (Lipinski definition) is 2. The summed E-state index contributed by atoms with van der Waals surface area (Å²) in [6.07, 6.45) is 0. The summed E-state index contributed by atoms with van der Waals surface area (Å²) in [5.74, 6) is -1.55. The van der Waals surface area contributed by atoms with Crippen molar-refractivity contribution in [3.05, 3.63) is 33.8 Å². The molecule has 0 saturated heterocycles. The first-order valence-electron chi connectivity index (χ1n) is 7.82. The molecule has 0 bridgehead atoms. The van der Waals surface area contributed by atoms with Crippen LogP contribution in [0.4, 0.5) is 0 Å². The van der Waals surface area contributed by atoms with Gasteiger partial charge in [0.2, 0.25) is 11.8 Å². The summed E-state index contributed by atoms with van der Waals surface area (Å²) >= 11 is 3.25. The van der Waals surface area contributed by atoms with Crippen LogP contribution in [-0.4, -0.2) is 48.2 Å². The van der Waals surface area contributed by atoms with Crippen molar-refractivity contribution >= 4 is 39.6 Å². The van der Waals surface area contributed by atoms with E-state index in [0.29, 0.717) is 10.0 Å². The van der Waals surface area contributed by atoms with E-state index in [9.17, 15) is 19.2 Å². The number of rotatable bonds is 5. The Kier molecular flexibility index (Phi) is 5.62. The first-order valence-corrected chi connectivity index (χ1v) is 8.61. The van der Waals surface area contributed by atoms with Crippen molar-refractivity contribution < 1.29 is 19.2 Å². The Bertz CT molecular complexity index is 740. The van der Waals surface area contributed by atoms with Gasteiger partial charge in [-0.15, -0.1) is 0 Å². The zero-order valence-corrected chi connectivity index (χ0v) is 15.9. The molecule has 4 amide bonds. The van der Waals surface area contributed by atoms with E-state index in [1.165, 1.54) is 0 Å². The van der Waals surface area contributed by atoms with E-state index in [4.69, 9.17) is 0 Å². The standard InChI is InChI=1S/C17H20BrN3O4/c1-17(2,3)16(25)20-7-6-19-13(22)9-21-14(23)11-5-4-10(18)8-12(11)15(21)24/h4-5,8H,6-7,9H2,1-3H3,(H,19,22)(H,20,25). The largest absolute Gasteiger partial charge is 0.354 e. The molecule has 0 aliphatic carbocycles. The monoisotopic (exact) mass is 409 g/mol. The lowest BCUT2D eigenvalue weighted by atomic mass is 9.96. The van der Waals surface area contributed by atoms with Gasteiger partial charge in [-0.05, 0) is 18.2 Å². The second-order valence-corrected chi connectivity index (χ2v) is 7.66. The molecule has 1 heterocycles. The van der Waals surface area contributed by atoms with Crippen LogP contribution < -0.4 is 10.6 Å². The van der Waals surface area contributed by atoms with Crippen LogP contribution in [0.3, 0.4) is 0 Å². The van der Waals surface area contributed by atoms with Crippen LogP contribution in [-0.2, 0) is 9.59 Å². The van der Waals surface area contributed by atoms with Crippen LogP contribution in [0.5, 0.6) is 0 Å². The lowest BCUT2D eigenvalue weighted by Crippen LogP contribution is -2.44. The van der Waals surface area contributed by atoms with E-state index >= 15 is 0 Å². The molecule has 0 spiro atoms. The first kappa shape index (κ1) is 19.1. The molecule has 8 heteroatoms. The second-order valence-electron chi connectivity index (χ2n) is 6.74. The van der Waals surface area contributed by atoms with Crippen LogP contribution >= 0.6 is 15.9 Å². The molecule has 2 rings (SSSR count). The minimum Gasteiger partial charge on any atom is -0.354 e. The van der Waals surface area contributed by atoms with Crippen LogP contribution in [0.25, 0.3) is 0 Å². The van der Waals surface area contributed by atoms with E-state index in [0.717, 1.165) is 4.90 Å². The maximum Gasteiger partial charge on any atom is 0.262 e. The maximum absolute atomic E-state index is 12.3. The van der Waals surface area contributed by atoms with Crippen molar-refractivity contribution in [2.45, 2.75) is 20.8 Å². The van der Waals surface area contributed by atoms with Crippen LogP contribution in [0.1, 0.15) is 41.5 Å². The van der Waals surface area contributed by atoms with E-state index in [1.807, 2.05) is 0 Å². The number of fused-ring (bicyclic) bond motifs is 1. The SMILES string of the molecule is CC(C)(C)C(=O)NCCNC(=O)CN1C(=O)c2ccc(Br)cc2C1=O. The van der Waals surface area contributed by atoms with Gasteiger partial charge >= 0.3 is 0 Å². The summed E-state index contributed by atoms with van der Waals surface area (Å²) in [7, 11) is 0. The fourth-order valence-corrected chi connectivity index (χ4v) is 2.61. The number of nitrogens with zero attached hydrogens (tertiary/aromatic N) is 1. The normalized spacial score (nSPS) is 13.7. The lowest BCUT2D eigenvalue weighted by molar-refractivity contribution is -0.128. The molecule has 134 valence electrons. The summed E-state index contributed by atoms with van der Waals surface area (Å²) in [4.78, 5) is 49.1. The third kappa shape index (κ3) is 4.45. The third-order valence-electron chi connectivity index (χ3n) is 3.65. The summed E-state index contributed by atoms with van der Waals surface area (Å²) in [5, 5.41) is 5.29. The minimum absolute atomic E-state index is 0.118.